The van der Waals surface area contributed by atoms with Gasteiger partial charge in [-0.2, -0.15) is 0 Å². The fourth-order valence-electron chi connectivity index (χ4n) is 1.39. The van der Waals surface area contributed by atoms with E-state index in [1.54, 1.807) is 24.3 Å². The van der Waals surface area contributed by atoms with Crippen molar-refractivity contribution in [1.29, 1.82) is 0 Å². The minimum absolute atomic E-state index is 0.352. The molecule has 2 aromatic carbocycles. The second kappa shape index (κ2) is 6.07. The average molecular weight is 277 g/mol. The topological polar surface area (TPSA) is 78.6 Å². The Labute approximate surface area is 110 Å². The molecule has 0 aliphatic heterocycles. The number of amides is 1. The van der Waals surface area contributed by atoms with Gasteiger partial charge < -0.3 is 14.8 Å². The van der Waals surface area contributed by atoms with Crippen LogP contribution in [0.3, 0.4) is 0 Å². The fraction of sp³-hybridized carbons (Fsp3) is 0. The number of para-hydroxylation sites is 1. The van der Waals surface area contributed by atoms with Crippen LogP contribution in [0.5, 0.6) is 11.5 Å². The second-order valence-corrected chi connectivity index (χ2v) is 4.56. The van der Waals surface area contributed by atoms with E-state index >= 15 is 0 Å². The standard InChI is InChI=1S/C13H12NO4P/c14-13(15)10-6-8-12(9-7-10)18-19(16)17-11-4-2-1-3-5-11/h1-9,19H,(H2,14,15). The zero-order valence-corrected chi connectivity index (χ0v) is 10.9. The van der Waals surface area contributed by atoms with Crippen LogP contribution in [0.15, 0.2) is 54.6 Å². The lowest BCUT2D eigenvalue weighted by atomic mass is 10.2. The van der Waals surface area contributed by atoms with Crippen molar-refractivity contribution >= 4 is 14.2 Å². The smallest absolute Gasteiger partial charge is 0.418 e. The van der Waals surface area contributed by atoms with Crippen LogP contribution in [0.4, 0.5) is 0 Å². The van der Waals surface area contributed by atoms with Gasteiger partial charge in [0.25, 0.3) is 0 Å². The summed E-state index contributed by atoms with van der Waals surface area (Å²) in [6.07, 6.45) is 0. The summed E-state index contributed by atoms with van der Waals surface area (Å²) in [5.41, 5.74) is 5.46. The van der Waals surface area contributed by atoms with E-state index in [1.807, 2.05) is 6.07 Å². The summed E-state index contributed by atoms with van der Waals surface area (Å²) < 4.78 is 21.9. The van der Waals surface area contributed by atoms with Crippen LogP contribution in [0.2, 0.25) is 0 Å². The Morgan fingerprint density at radius 1 is 0.895 bits per heavy atom. The van der Waals surface area contributed by atoms with Crippen LogP contribution in [-0.4, -0.2) is 5.91 Å². The number of primary amides is 1. The number of nitrogens with two attached hydrogens (primary N) is 1. The van der Waals surface area contributed by atoms with Gasteiger partial charge in [-0.1, -0.05) is 18.2 Å². The number of hydrogen-bond acceptors (Lipinski definition) is 4. The Bertz CT molecular complexity index is 583. The lowest BCUT2D eigenvalue weighted by Gasteiger charge is -2.07. The minimum Gasteiger partial charge on any atom is -0.418 e. The zero-order valence-electron chi connectivity index (χ0n) is 9.91. The SMILES string of the molecule is NC(=O)c1ccc(O[PH](=O)Oc2ccccc2)cc1. The van der Waals surface area contributed by atoms with Gasteiger partial charge in [-0.15, -0.1) is 0 Å². The minimum atomic E-state index is -2.69. The summed E-state index contributed by atoms with van der Waals surface area (Å²) in [5.74, 6) is 0.296. The van der Waals surface area contributed by atoms with Crippen molar-refractivity contribution in [2.75, 3.05) is 0 Å². The highest BCUT2D eigenvalue weighted by atomic mass is 31.1. The Morgan fingerprint density at radius 3 is 1.95 bits per heavy atom. The Morgan fingerprint density at radius 2 is 1.42 bits per heavy atom. The maximum atomic E-state index is 11.6. The fourth-order valence-corrected chi connectivity index (χ4v) is 2.09. The molecule has 98 valence electrons. The molecular weight excluding hydrogens is 265 g/mol. The average Bonchev–Trinajstić information content (AvgIpc) is 2.40. The van der Waals surface area contributed by atoms with Gasteiger partial charge in [-0.25, -0.2) is 4.57 Å². The third kappa shape index (κ3) is 3.86. The van der Waals surface area contributed by atoms with E-state index < -0.39 is 14.2 Å². The van der Waals surface area contributed by atoms with Crippen molar-refractivity contribution in [1.82, 2.24) is 0 Å². The molecule has 0 aromatic heterocycles. The first kappa shape index (κ1) is 13.2. The molecule has 0 radical (unpaired) electrons. The lowest BCUT2D eigenvalue weighted by molar-refractivity contribution is 0.100. The molecule has 0 aliphatic rings. The first-order valence-electron chi connectivity index (χ1n) is 5.50. The molecule has 2 rings (SSSR count). The molecule has 0 fully saturated rings. The Balaban J connectivity index is 1.97. The maximum absolute atomic E-state index is 11.6. The van der Waals surface area contributed by atoms with E-state index in [-0.39, 0.29) is 0 Å². The molecule has 0 heterocycles. The summed E-state index contributed by atoms with van der Waals surface area (Å²) in [6, 6.07) is 14.7. The van der Waals surface area contributed by atoms with Gasteiger partial charge in [0, 0.05) is 5.56 Å². The summed E-state index contributed by atoms with van der Waals surface area (Å²) in [5, 5.41) is 0. The van der Waals surface area contributed by atoms with Crippen LogP contribution in [-0.2, 0) is 4.57 Å². The van der Waals surface area contributed by atoms with Crippen molar-refractivity contribution in [3.8, 4) is 11.5 Å². The highest BCUT2D eigenvalue weighted by Gasteiger charge is 2.05. The van der Waals surface area contributed by atoms with Crippen molar-refractivity contribution in [2.24, 2.45) is 5.73 Å². The van der Waals surface area contributed by atoms with Gasteiger partial charge >= 0.3 is 8.25 Å². The van der Waals surface area contributed by atoms with E-state index in [2.05, 4.69) is 0 Å². The molecule has 0 saturated carbocycles. The van der Waals surface area contributed by atoms with E-state index in [0.29, 0.717) is 17.1 Å². The van der Waals surface area contributed by atoms with Crippen LogP contribution in [0, 0.1) is 0 Å². The van der Waals surface area contributed by atoms with Crippen LogP contribution in [0.25, 0.3) is 0 Å². The van der Waals surface area contributed by atoms with E-state index in [1.165, 1.54) is 24.3 Å². The van der Waals surface area contributed by atoms with E-state index in [9.17, 15) is 9.36 Å². The van der Waals surface area contributed by atoms with Crippen LogP contribution in [0.1, 0.15) is 10.4 Å². The maximum Gasteiger partial charge on any atom is 0.418 e. The highest BCUT2D eigenvalue weighted by Crippen LogP contribution is 2.30. The summed E-state index contributed by atoms with van der Waals surface area (Å²) in [6.45, 7) is 0. The number of rotatable bonds is 5. The molecular formula is C13H12NO4P. The summed E-state index contributed by atoms with van der Waals surface area (Å²) in [7, 11) is -2.69. The van der Waals surface area contributed by atoms with Gasteiger partial charge in [-0.3, -0.25) is 4.79 Å². The molecule has 0 aliphatic carbocycles. The Hall–Kier alpha value is -2.26. The number of carbonyl (C=O) groups is 1. The molecule has 0 spiro atoms. The van der Waals surface area contributed by atoms with Gasteiger partial charge in [0.1, 0.15) is 11.5 Å². The summed E-state index contributed by atoms with van der Waals surface area (Å²) in [4.78, 5) is 10.9. The predicted octanol–water partition coefficient (Wildman–Crippen LogP) is 2.63. The lowest BCUT2D eigenvalue weighted by Crippen LogP contribution is -2.10. The third-order valence-electron chi connectivity index (χ3n) is 2.28. The van der Waals surface area contributed by atoms with E-state index in [0.717, 1.165) is 0 Å². The van der Waals surface area contributed by atoms with E-state index in [4.69, 9.17) is 14.8 Å². The molecule has 1 unspecified atom stereocenters. The van der Waals surface area contributed by atoms with Crippen molar-refractivity contribution in [3.63, 3.8) is 0 Å². The number of benzene rings is 2. The predicted molar refractivity (Wildman–Crippen MR) is 71.7 cm³/mol. The van der Waals surface area contributed by atoms with Gasteiger partial charge in [-0.05, 0) is 36.4 Å². The monoisotopic (exact) mass is 277 g/mol. The third-order valence-corrected chi connectivity index (χ3v) is 3.09. The molecule has 6 heteroatoms. The molecule has 1 amide bonds. The molecule has 2 N–H and O–H groups in total. The van der Waals surface area contributed by atoms with Crippen molar-refractivity contribution in [2.45, 2.75) is 0 Å². The molecule has 0 bridgehead atoms. The molecule has 5 nitrogen and oxygen atoms in total. The van der Waals surface area contributed by atoms with Gasteiger partial charge in [0.15, 0.2) is 0 Å². The van der Waals surface area contributed by atoms with Crippen LogP contribution >= 0.6 is 8.25 Å². The number of hydrogen-bond donors (Lipinski definition) is 1. The first-order chi connectivity index (χ1) is 9.15. The molecule has 19 heavy (non-hydrogen) atoms. The van der Waals surface area contributed by atoms with Gasteiger partial charge in [0.05, 0.1) is 0 Å². The largest absolute Gasteiger partial charge is 0.418 e. The molecule has 2 aromatic rings. The molecule has 1 atom stereocenters. The van der Waals surface area contributed by atoms with Crippen molar-refractivity contribution in [3.05, 3.63) is 60.2 Å². The molecule has 0 saturated heterocycles. The first-order valence-corrected chi connectivity index (χ1v) is 6.72. The normalized spacial score (nSPS) is 11.6. The highest BCUT2D eigenvalue weighted by molar-refractivity contribution is 7.34. The quantitative estimate of drug-likeness (QED) is 0.852. The second-order valence-electron chi connectivity index (χ2n) is 3.66. The Kier molecular flexibility index (Phi) is 4.21. The van der Waals surface area contributed by atoms with Gasteiger partial charge in [0.2, 0.25) is 5.91 Å². The zero-order chi connectivity index (χ0) is 13.7. The summed E-state index contributed by atoms with van der Waals surface area (Å²) >= 11 is 0. The van der Waals surface area contributed by atoms with Crippen molar-refractivity contribution < 1.29 is 18.4 Å². The number of carbonyl (C=O) groups excluding carboxylic acids is 1. The van der Waals surface area contributed by atoms with Crippen LogP contribution < -0.4 is 14.8 Å².